The van der Waals surface area contributed by atoms with Crippen molar-refractivity contribution in [2.45, 2.75) is 71.1 Å². The van der Waals surface area contributed by atoms with Crippen LogP contribution in [0, 0.1) is 23.4 Å². The maximum atomic E-state index is 14.6. The van der Waals surface area contributed by atoms with Gasteiger partial charge in [0, 0.05) is 6.07 Å². The Morgan fingerprint density at radius 3 is 2.32 bits per heavy atom. The fraction of sp³-hybridized carbons (Fsp3) is 0.538. The Bertz CT molecular complexity index is 845. The van der Waals surface area contributed by atoms with E-state index in [1.807, 2.05) is 19.1 Å². The molecule has 0 spiro atoms. The predicted octanol–water partition coefficient (Wildman–Crippen LogP) is 7.59. The molecule has 2 aromatic rings. The van der Waals surface area contributed by atoms with Crippen LogP contribution >= 0.6 is 0 Å². The van der Waals surface area contributed by atoms with E-state index in [0.29, 0.717) is 30.9 Å². The SMILES string of the molecule is CCCCOc1ccc(C2CCC(COc3ccc(CCC)c(F)c3F)CC2)c(F)c1. The molecule has 0 atom stereocenters. The molecule has 0 saturated heterocycles. The van der Waals surface area contributed by atoms with Crippen LogP contribution in [0.2, 0.25) is 0 Å². The summed E-state index contributed by atoms with van der Waals surface area (Å²) in [5.41, 5.74) is 1.12. The maximum absolute atomic E-state index is 14.6. The third kappa shape index (κ3) is 6.18. The van der Waals surface area contributed by atoms with Gasteiger partial charge in [0.2, 0.25) is 5.82 Å². The topological polar surface area (TPSA) is 18.5 Å². The van der Waals surface area contributed by atoms with Crippen LogP contribution in [0.25, 0.3) is 0 Å². The van der Waals surface area contributed by atoms with Crippen molar-refractivity contribution in [3.05, 3.63) is 58.9 Å². The standard InChI is InChI=1S/C26H33F3O2/c1-3-5-15-30-21-12-13-22(23(27)16-21)19-9-7-18(8-10-19)17-31-24-14-11-20(6-4-2)25(28)26(24)29/h11-14,16,18-19H,3-10,15,17H2,1-2H3. The van der Waals surface area contributed by atoms with Gasteiger partial charge >= 0.3 is 0 Å². The number of unbranched alkanes of at least 4 members (excludes halogenated alkanes) is 1. The molecule has 2 nitrogen and oxygen atoms in total. The number of halogens is 3. The third-order valence-corrected chi connectivity index (χ3v) is 6.15. The predicted molar refractivity (Wildman–Crippen MR) is 117 cm³/mol. The minimum Gasteiger partial charge on any atom is -0.493 e. The Morgan fingerprint density at radius 2 is 1.65 bits per heavy atom. The zero-order chi connectivity index (χ0) is 22.2. The van der Waals surface area contributed by atoms with Crippen molar-refractivity contribution in [1.82, 2.24) is 0 Å². The summed E-state index contributed by atoms with van der Waals surface area (Å²) in [6.45, 7) is 4.97. The molecular weight excluding hydrogens is 401 g/mol. The molecule has 1 aliphatic carbocycles. The summed E-state index contributed by atoms with van der Waals surface area (Å²) in [5, 5.41) is 0. The second kappa shape index (κ2) is 11.4. The molecule has 0 aliphatic heterocycles. The van der Waals surface area contributed by atoms with Crippen molar-refractivity contribution >= 4 is 0 Å². The van der Waals surface area contributed by atoms with Gasteiger partial charge in [-0.25, -0.2) is 8.78 Å². The van der Waals surface area contributed by atoms with E-state index in [4.69, 9.17) is 9.47 Å². The van der Waals surface area contributed by atoms with Crippen molar-refractivity contribution in [1.29, 1.82) is 0 Å². The highest BCUT2D eigenvalue weighted by atomic mass is 19.2. The van der Waals surface area contributed by atoms with Crippen LogP contribution < -0.4 is 9.47 Å². The van der Waals surface area contributed by atoms with E-state index >= 15 is 0 Å². The maximum Gasteiger partial charge on any atom is 0.200 e. The van der Waals surface area contributed by atoms with Gasteiger partial charge in [0.15, 0.2) is 11.6 Å². The first kappa shape index (κ1) is 23.5. The van der Waals surface area contributed by atoms with Gasteiger partial charge in [-0.1, -0.05) is 38.8 Å². The summed E-state index contributed by atoms with van der Waals surface area (Å²) in [6.07, 6.45) is 6.72. The van der Waals surface area contributed by atoms with Crippen LogP contribution in [0.15, 0.2) is 30.3 Å². The fourth-order valence-electron chi connectivity index (χ4n) is 4.26. The smallest absolute Gasteiger partial charge is 0.200 e. The normalized spacial score (nSPS) is 18.7. The largest absolute Gasteiger partial charge is 0.493 e. The lowest BCUT2D eigenvalue weighted by atomic mass is 9.79. The minimum absolute atomic E-state index is 0.0239. The lowest BCUT2D eigenvalue weighted by Crippen LogP contribution is -2.20. The molecule has 0 aromatic heterocycles. The van der Waals surface area contributed by atoms with Crippen LogP contribution in [0.3, 0.4) is 0 Å². The van der Waals surface area contributed by atoms with E-state index in [0.717, 1.165) is 50.5 Å². The monoisotopic (exact) mass is 434 g/mol. The molecule has 1 saturated carbocycles. The van der Waals surface area contributed by atoms with E-state index in [1.165, 1.54) is 12.1 Å². The van der Waals surface area contributed by atoms with Crippen LogP contribution in [0.5, 0.6) is 11.5 Å². The van der Waals surface area contributed by atoms with Gasteiger partial charge in [-0.05, 0) is 73.6 Å². The van der Waals surface area contributed by atoms with Gasteiger partial charge in [0.25, 0.3) is 0 Å². The van der Waals surface area contributed by atoms with Gasteiger partial charge in [0.1, 0.15) is 11.6 Å². The Labute approximate surface area is 183 Å². The van der Waals surface area contributed by atoms with E-state index in [2.05, 4.69) is 6.92 Å². The number of hydrogen-bond acceptors (Lipinski definition) is 2. The first-order chi connectivity index (χ1) is 15.0. The summed E-state index contributed by atoms with van der Waals surface area (Å²) in [4.78, 5) is 0. The first-order valence-corrected chi connectivity index (χ1v) is 11.5. The molecule has 1 fully saturated rings. The number of ether oxygens (including phenoxy) is 2. The van der Waals surface area contributed by atoms with E-state index in [9.17, 15) is 13.2 Å². The highest BCUT2D eigenvalue weighted by Crippen LogP contribution is 2.38. The molecule has 5 heteroatoms. The van der Waals surface area contributed by atoms with Gasteiger partial charge in [-0.3, -0.25) is 0 Å². The summed E-state index contributed by atoms with van der Waals surface area (Å²) < 4.78 is 54.1. The third-order valence-electron chi connectivity index (χ3n) is 6.15. The zero-order valence-electron chi connectivity index (χ0n) is 18.6. The molecule has 0 N–H and O–H groups in total. The number of hydrogen-bond donors (Lipinski definition) is 0. The number of aryl methyl sites for hydroxylation is 1. The van der Waals surface area contributed by atoms with Crippen molar-refractivity contribution in [3.8, 4) is 11.5 Å². The van der Waals surface area contributed by atoms with E-state index in [-0.39, 0.29) is 23.4 Å². The van der Waals surface area contributed by atoms with E-state index < -0.39 is 11.6 Å². The molecule has 0 heterocycles. The molecule has 0 amide bonds. The number of benzene rings is 2. The Kier molecular flexibility index (Phi) is 8.68. The van der Waals surface area contributed by atoms with Gasteiger partial charge in [-0.15, -0.1) is 0 Å². The molecule has 0 bridgehead atoms. The molecule has 3 rings (SSSR count). The molecule has 31 heavy (non-hydrogen) atoms. The second-order valence-corrected chi connectivity index (χ2v) is 8.51. The van der Waals surface area contributed by atoms with Crippen LogP contribution in [-0.2, 0) is 6.42 Å². The Morgan fingerprint density at radius 1 is 0.871 bits per heavy atom. The molecule has 1 aliphatic rings. The lowest BCUT2D eigenvalue weighted by Gasteiger charge is -2.29. The summed E-state index contributed by atoms with van der Waals surface area (Å²) >= 11 is 0. The zero-order valence-corrected chi connectivity index (χ0v) is 18.6. The van der Waals surface area contributed by atoms with Gasteiger partial charge in [-0.2, -0.15) is 4.39 Å². The average molecular weight is 435 g/mol. The molecule has 170 valence electrons. The van der Waals surface area contributed by atoms with E-state index in [1.54, 1.807) is 6.07 Å². The van der Waals surface area contributed by atoms with Crippen molar-refractivity contribution < 1.29 is 22.6 Å². The van der Waals surface area contributed by atoms with Crippen molar-refractivity contribution in [2.24, 2.45) is 5.92 Å². The minimum atomic E-state index is -0.900. The highest BCUT2D eigenvalue weighted by Gasteiger charge is 2.25. The average Bonchev–Trinajstić information content (AvgIpc) is 2.77. The quantitative estimate of drug-likeness (QED) is 0.359. The lowest BCUT2D eigenvalue weighted by molar-refractivity contribution is 0.192. The second-order valence-electron chi connectivity index (χ2n) is 8.51. The molecular formula is C26H33F3O2. The first-order valence-electron chi connectivity index (χ1n) is 11.5. The number of rotatable bonds is 10. The summed E-state index contributed by atoms with van der Waals surface area (Å²) in [5.74, 6) is -0.931. The highest BCUT2D eigenvalue weighted by molar-refractivity contribution is 5.32. The van der Waals surface area contributed by atoms with Crippen molar-refractivity contribution in [3.63, 3.8) is 0 Å². The molecule has 0 unspecified atom stereocenters. The Hall–Kier alpha value is -2.17. The van der Waals surface area contributed by atoms with Crippen molar-refractivity contribution in [2.75, 3.05) is 13.2 Å². The fourth-order valence-corrected chi connectivity index (χ4v) is 4.26. The Balaban J connectivity index is 1.50. The summed E-state index contributed by atoms with van der Waals surface area (Å²) in [6, 6.07) is 8.30. The molecule has 0 radical (unpaired) electrons. The molecule has 2 aromatic carbocycles. The van der Waals surface area contributed by atoms with Crippen LogP contribution in [-0.4, -0.2) is 13.2 Å². The van der Waals surface area contributed by atoms with Crippen LogP contribution in [0.1, 0.15) is 75.8 Å². The van der Waals surface area contributed by atoms with Gasteiger partial charge in [0.05, 0.1) is 13.2 Å². The van der Waals surface area contributed by atoms with Crippen LogP contribution in [0.4, 0.5) is 13.2 Å². The van der Waals surface area contributed by atoms with Gasteiger partial charge < -0.3 is 9.47 Å². The summed E-state index contributed by atoms with van der Waals surface area (Å²) in [7, 11) is 0.